The van der Waals surface area contributed by atoms with Crippen molar-refractivity contribution in [3.05, 3.63) is 59.4 Å². The minimum absolute atomic E-state index is 0.0981. The topological polar surface area (TPSA) is 142 Å². The predicted octanol–water partition coefficient (Wildman–Crippen LogP) is 3.01. The zero-order valence-electron chi connectivity index (χ0n) is 25.2. The maximum Gasteiger partial charge on any atom is 0.262 e. The number of imide groups is 2. The molecule has 45 heavy (non-hydrogen) atoms. The summed E-state index contributed by atoms with van der Waals surface area (Å²) in [5, 5.41) is 14.3. The molecule has 4 fully saturated rings. The Labute approximate surface area is 260 Å². The van der Waals surface area contributed by atoms with E-state index in [-0.39, 0.29) is 29.9 Å². The van der Waals surface area contributed by atoms with Gasteiger partial charge in [0.25, 0.3) is 11.8 Å². The number of fused-ring (bicyclic) bond motifs is 1. The Morgan fingerprint density at radius 1 is 0.956 bits per heavy atom. The van der Waals surface area contributed by atoms with Gasteiger partial charge in [0.1, 0.15) is 11.9 Å². The first kappa shape index (κ1) is 27.9. The number of likely N-dealkylation sites (tertiary alicyclic amines) is 1. The van der Waals surface area contributed by atoms with Crippen LogP contribution >= 0.6 is 0 Å². The molecule has 4 amide bonds. The minimum atomic E-state index is -0.965. The average Bonchev–Trinajstić information content (AvgIpc) is 3.69. The van der Waals surface area contributed by atoms with Crippen LogP contribution in [0.15, 0.2) is 42.6 Å². The lowest BCUT2D eigenvalue weighted by atomic mass is 9.80. The van der Waals surface area contributed by atoms with Gasteiger partial charge in [-0.05, 0) is 75.4 Å². The lowest BCUT2D eigenvalue weighted by Gasteiger charge is -2.36. The van der Waals surface area contributed by atoms with Crippen LogP contribution in [0, 0.1) is 5.92 Å². The van der Waals surface area contributed by atoms with Crippen molar-refractivity contribution >= 4 is 35.1 Å². The number of aromatic nitrogens is 3. The fraction of sp³-hybridized carbons (Fsp3) is 0.455. The van der Waals surface area contributed by atoms with E-state index >= 15 is 0 Å². The van der Waals surface area contributed by atoms with E-state index in [1.165, 1.54) is 12.8 Å². The van der Waals surface area contributed by atoms with Gasteiger partial charge in [-0.2, -0.15) is 5.10 Å². The maximum absolute atomic E-state index is 13.2. The monoisotopic (exact) mass is 608 g/mol. The number of carbonyl (C=O) groups excluding carboxylic acids is 4. The maximum atomic E-state index is 13.2. The van der Waals surface area contributed by atoms with Crippen molar-refractivity contribution < 1.29 is 19.2 Å². The van der Waals surface area contributed by atoms with Crippen LogP contribution in [0.25, 0.3) is 11.3 Å². The summed E-state index contributed by atoms with van der Waals surface area (Å²) in [4.78, 5) is 58.3. The number of pyridine rings is 1. The first-order valence-electron chi connectivity index (χ1n) is 15.9. The molecule has 0 spiro atoms. The Kier molecular flexibility index (Phi) is 6.70. The molecule has 0 bridgehead atoms. The van der Waals surface area contributed by atoms with Gasteiger partial charge in [0.05, 0.1) is 34.6 Å². The molecule has 5 heterocycles. The second kappa shape index (κ2) is 10.8. The second-order valence-corrected chi connectivity index (χ2v) is 13.2. The number of rotatable bonds is 9. The molecule has 12 heteroatoms. The SMILES string of the molecule is CN1CC(Nc2cccc(-c3cn([C@H]4C[C@H](CNc5ccc6c(c5)C(=O)N(C5CCC(=O)NC5=O)C6=O)C4)nc3C3CC3)n2)C1. The van der Waals surface area contributed by atoms with Crippen molar-refractivity contribution in [2.75, 3.05) is 37.3 Å². The van der Waals surface area contributed by atoms with Crippen molar-refractivity contribution in [1.82, 2.24) is 29.9 Å². The number of anilines is 2. The average molecular weight is 609 g/mol. The van der Waals surface area contributed by atoms with Gasteiger partial charge in [-0.1, -0.05) is 6.07 Å². The normalized spacial score (nSPS) is 25.1. The van der Waals surface area contributed by atoms with E-state index in [9.17, 15) is 19.2 Å². The summed E-state index contributed by atoms with van der Waals surface area (Å²) in [6, 6.07) is 11.1. The van der Waals surface area contributed by atoms with Gasteiger partial charge in [-0.15, -0.1) is 0 Å². The van der Waals surface area contributed by atoms with Crippen LogP contribution in [0.5, 0.6) is 0 Å². The van der Waals surface area contributed by atoms with Crippen molar-refractivity contribution in [2.24, 2.45) is 5.92 Å². The highest BCUT2D eigenvalue weighted by molar-refractivity contribution is 6.23. The van der Waals surface area contributed by atoms with E-state index in [2.05, 4.69) is 50.9 Å². The first-order chi connectivity index (χ1) is 21.8. The summed E-state index contributed by atoms with van der Waals surface area (Å²) >= 11 is 0. The molecule has 3 N–H and O–H groups in total. The number of hydrogen-bond donors (Lipinski definition) is 3. The van der Waals surface area contributed by atoms with Crippen LogP contribution in [0.3, 0.4) is 0 Å². The van der Waals surface area contributed by atoms with Crippen LogP contribution in [0.4, 0.5) is 11.5 Å². The van der Waals surface area contributed by atoms with Gasteiger partial charge in [0, 0.05) is 49.4 Å². The van der Waals surface area contributed by atoms with Gasteiger partial charge in [-0.25, -0.2) is 4.98 Å². The number of nitrogens with one attached hydrogen (secondary N) is 3. The molecule has 1 atom stereocenters. The molecule has 1 unspecified atom stereocenters. The molecule has 232 valence electrons. The predicted molar refractivity (Wildman–Crippen MR) is 166 cm³/mol. The van der Waals surface area contributed by atoms with Crippen LogP contribution in [0.2, 0.25) is 0 Å². The highest BCUT2D eigenvalue weighted by atomic mass is 16.2. The van der Waals surface area contributed by atoms with Gasteiger partial charge in [0.2, 0.25) is 11.8 Å². The second-order valence-electron chi connectivity index (χ2n) is 13.2. The van der Waals surface area contributed by atoms with Gasteiger partial charge in [0.15, 0.2) is 0 Å². The minimum Gasteiger partial charge on any atom is -0.385 e. The molecule has 12 nitrogen and oxygen atoms in total. The number of likely N-dealkylation sites (N-methyl/N-ethyl adjacent to an activating group) is 1. The zero-order chi connectivity index (χ0) is 30.8. The quantitative estimate of drug-likeness (QED) is 0.313. The van der Waals surface area contributed by atoms with Crippen molar-refractivity contribution in [3.8, 4) is 11.3 Å². The molecule has 1 aromatic carbocycles. The Morgan fingerprint density at radius 2 is 1.76 bits per heavy atom. The first-order valence-corrected chi connectivity index (χ1v) is 15.9. The number of carbonyl (C=O) groups is 4. The number of amides is 4. The van der Waals surface area contributed by atoms with E-state index in [0.29, 0.717) is 23.9 Å². The molecule has 3 aliphatic heterocycles. The van der Waals surface area contributed by atoms with Crippen LogP contribution < -0.4 is 16.0 Å². The number of nitrogens with zero attached hydrogens (tertiary/aromatic N) is 5. The number of hydrogen-bond acceptors (Lipinski definition) is 9. The molecular formula is C33H36N8O4. The third kappa shape index (κ3) is 5.16. The summed E-state index contributed by atoms with van der Waals surface area (Å²) in [7, 11) is 2.12. The fourth-order valence-corrected chi connectivity index (χ4v) is 7.04. The third-order valence-corrected chi connectivity index (χ3v) is 9.79. The van der Waals surface area contributed by atoms with Crippen molar-refractivity contribution in [1.29, 1.82) is 0 Å². The zero-order valence-corrected chi connectivity index (χ0v) is 25.2. The van der Waals surface area contributed by atoms with E-state index in [0.717, 1.165) is 65.8 Å². The Hall–Kier alpha value is -4.58. The molecule has 2 saturated heterocycles. The lowest BCUT2D eigenvalue weighted by molar-refractivity contribution is -0.136. The highest BCUT2D eigenvalue weighted by Crippen LogP contribution is 2.45. The molecule has 2 aliphatic carbocycles. The lowest BCUT2D eigenvalue weighted by Crippen LogP contribution is -2.54. The van der Waals surface area contributed by atoms with Gasteiger partial charge >= 0.3 is 0 Å². The summed E-state index contributed by atoms with van der Waals surface area (Å²) in [5.41, 5.74) is 4.59. The van der Waals surface area contributed by atoms with Crippen molar-refractivity contribution in [2.45, 2.75) is 62.6 Å². The molecule has 2 aromatic heterocycles. The van der Waals surface area contributed by atoms with E-state index < -0.39 is 23.8 Å². The molecule has 5 aliphatic rings. The molecular weight excluding hydrogens is 572 g/mol. The molecule has 8 rings (SSSR count). The third-order valence-electron chi connectivity index (χ3n) is 9.79. The van der Waals surface area contributed by atoms with Crippen LogP contribution in [-0.4, -0.2) is 87.0 Å². The van der Waals surface area contributed by atoms with Crippen LogP contribution in [0.1, 0.15) is 76.9 Å². The van der Waals surface area contributed by atoms with Gasteiger partial charge in [-0.3, -0.25) is 34.1 Å². The summed E-state index contributed by atoms with van der Waals surface area (Å²) < 4.78 is 2.14. The fourth-order valence-electron chi connectivity index (χ4n) is 7.04. The Morgan fingerprint density at radius 3 is 2.51 bits per heavy atom. The van der Waals surface area contributed by atoms with E-state index in [1.807, 2.05) is 6.07 Å². The molecule has 3 aromatic rings. The Bertz CT molecular complexity index is 1720. The number of benzene rings is 1. The summed E-state index contributed by atoms with van der Waals surface area (Å²) in [6.45, 7) is 2.80. The van der Waals surface area contributed by atoms with Gasteiger partial charge < -0.3 is 15.5 Å². The smallest absolute Gasteiger partial charge is 0.262 e. The number of piperidine rings is 1. The largest absolute Gasteiger partial charge is 0.385 e. The van der Waals surface area contributed by atoms with Crippen molar-refractivity contribution in [3.63, 3.8) is 0 Å². The Balaban J connectivity index is 0.898. The van der Waals surface area contributed by atoms with E-state index in [4.69, 9.17) is 10.1 Å². The molecule has 0 radical (unpaired) electrons. The highest BCUT2D eigenvalue weighted by Gasteiger charge is 2.44. The van der Waals surface area contributed by atoms with Crippen LogP contribution in [-0.2, 0) is 9.59 Å². The summed E-state index contributed by atoms with van der Waals surface area (Å²) in [6.07, 6.45) is 6.76. The summed E-state index contributed by atoms with van der Waals surface area (Å²) in [5.74, 6) is -0.110. The molecule has 2 saturated carbocycles. The van der Waals surface area contributed by atoms with E-state index in [1.54, 1.807) is 18.2 Å². The standard InChI is InChI=1S/C33H36N8O4/c1-39-15-21(16-39)35-28-4-2-3-26(36-28)25-17-40(38-30(25)19-5-6-19)22-11-18(12-22)14-34-20-7-8-23-24(13-20)33(45)41(32(23)44)27-9-10-29(42)37-31(27)43/h2-4,7-8,13,17-19,21-22,27,34H,5-6,9-12,14-16H2,1H3,(H,35,36)(H,37,42,43)/t18-,22-,27?.